The van der Waals surface area contributed by atoms with Gasteiger partial charge >= 0.3 is 5.97 Å². The monoisotopic (exact) mass is 308 g/mol. The molecule has 0 spiro atoms. The van der Waals surface area contributed by atoms with Crippen LogP contribution in [0, 0.1) is 11.3 Å². The average Bonchev–Trinajstić information content (AvgIpc) is 2.92. The lowest BCUT2D eigenvalue weighted by Gasteiger charge is -2.07. The number of aromatic carboxylic acids is 1. The first kappa shape index (κ1) is 14.5. The summed E-state index contributed by atoms with van der Waals surface area (Å²) < 4.78 is 6.96. The number of fused-ring (bicyclic) bond motifs is 1. The third-order valence-electron chi connectivity index (χ3n) is 3.62. The van der Waals surface area contributed by atoms with Gasteiger partial charge in [-0.1, -0.05) is 6.07 Å². The third kappa shape index (κ3) is 2.34. The first-order valence-electron chi connectivity index (χ1n) is 6.71. The van der Waals surface area contributed by atoms with Gasteiger partial charge in [0.2, 0.25) is 0 Å². The Morgan fingerprint density at radius 1 is 1.26 bits per heavy atom. The number of rotatable bonds is 3. The second kappa shape index (κ2) is 5.39. The van der Waals surface area contributed by atoms with E-state index >= 15 is 0 Å². The second-order valence-corrected chi connectivity index (χ2v) is 4.91. The molecule has 0 saturated heterocycles. The molecule has 2 heterocycles. The van der Waals surface area contributed by atoms with Gasteiger partial charge in [0, 0.05) is 17.8 Å². The molecule has 0 bridgehead atoms. The van der Waals surface area contributed by atoms with Crippen LogP contribution in [0.15, 0.2) is 42.6 Å². The number of ether oxygens (including phenoxy) is 1. The van der Waals surface area contributed by atoms with Gasteiger partial charge in [-0.25, -0.2) is 4.79 Å². The zero-order valence-electron chi connectivity index (χ0n) is 12.1. The molecule has 0 aliphatic heterocycles. The maximum absolute atomic E-state index is 11.0. The molecule has 0 aliphatic rings. The number of aromatic hydroxyl groups is 1. The number of hydrogen-bond acceptors (Lipinski definition) is 4. The first-order valence-corrected chi connectivity index (χ1v) is 6.71. The number of carboxylic acids is 1. The van der Waals surface area contributed by atoms with E-state index in [-0.39, 0.29) is 11.3 Å². The highest BCUT2D eigenvalue weighted by Crippen LogP contribution is 2.31. The van der Waals surface area contributed by atoms with E-state index in [4.69, 9.17) is 9.84 Å². The Labute approximate surface area is 131 Å². The van der Waals surface area contributed by atoms with Crippen LogP contribution in [-0.4, -0.2) is 27.7 Å². The normalized spacial score (nSPS) is 10.4. The van der Waals surface area contributed by atoms with Crippen molar-refractivity contribution in [3.8, 4) is 28.8 Å². The zero-order valence-corrected chi connectivity index (χ0v) is 12.1. The fraction of sp³-hybridized carbons (Fsp3) is 0.0588. The number of methoxy groups -OCH3 is 1. The van der Waals surface area contributed by atoms with Gasteiger partial charge in [-0.15, -0.1) is 0 Å². The molecule has 0 aliphatic carbocycles. The maximum atomic E-state index is 11.0. The van der Waals surface area contributed by atoms with E-state index in [1.54, 1.807) is 42.0 Å². The van der Waals surface area contributed by atoms with E-state index in [1.165, 1.54) is 12.1 Å². The van der Waals surface area contributed by atoms with Crippen LogP contribution in [0.3, 0.4) is 0 Å². The highest BCUT2D eigenvalue weighted by molar-refractivity contribution is 5.92. The van der Waals surface area contributed by atoms with Crippen LogP contribution in [0.2, 0.25) is 0 Å². The fourth-order valence-corrected chi connectivity index (χ4v) is 2.49. The third-order valence-corrected chi connectivity index (χ3v) is 3.62. The smallest absolute Gasteiger partial charge is 0.339 e. The van der Waals surface area contributed by atoms with E-state index in [1.807, 2.05) is 0 Å². The van der Waals surface area contributed by atoms with Crippen molar-refractivity contribution in [2.24, 2.45) is 0 Å². The maximum Gasteiger partial charge on any atom is 0.339 e. The van der Waals surface area contributed by atoms with Gasteiger partial charge in [-0.2, -0.15) is 5.26 Å². The largest absolute Gasteiger partial charge is 0.507 e. The van der Waals surface area contributed by atoms with Crippen LogP contribution in [0.25, 0.3) is 16.8 Å². The van der Waals surface area contributed by atoms with Crippen LogP contribution >= 0.6 is 0 Å². The van der Waals surface area contributed by atoms with Gasteiger partial charge in [0.1, 0.15) is 23.1 Å². The molecule has 3 rings (SSSR count). The number of benzene rings is 1. The van der Waals surface area contributed by atoms with Gasteiger partial charge in [-0.05, 0) is 24.3 Å². The van der Waals surface area contributed by atoms with Crippen LogP contribution < -0.4 is 4.74 Å². The van der Waals surface area contributed by atoms with Crippen molar-refractivity contribution in [1.82, 2.24) is 4.40 Å². The summed E-state index contributed by atoms with van der Waals surface area (Å²) in [5.74, 6) is -0.892. The van der Waals surface area contributed by atoms with Crippen molar-refractivity contribution in [2.75, 3.05) is 7.11 Å². The number of aromatic nitrogens is 1. The minimum atomic E-state index is -1.20. The van der Waals surface area contributed by atoms with E-state index in [0.29, 0.717) is 28.1 Å². The van der Waals surface area contributed by atoms with Gasteiger partial charge in [0.05, 0.1) is 23.9 Å². The summed E-state index contributed by atoms with van der Waals surface area (Å²) in [6.07, 6.45) is 1.76. The zero-order chi connectivity index (χ0) is 16.6. The standard InChI is InChI=1S/C17H12N2O4/c1-23-12-4-5-19-14(6-11(9-18)15(19)8-12)10-2-3-13(17(21)22)16(20)7-10/h2-8,20H,1H3,(H,21,22). The molecule has 0 radical (unpaired) electrons. The van der Waals surface area contributed by atoms with E-state index in [0.717, 1.165) is 0 Å². The average molecular weight is 308 g/mol. The predicted octanol–water partition coefficient (Wildman–Crippen LogP) is 2.89. The Morgan fingerprint density at radius 3 is 2.65 bits per heavy atom. The van der Waals surface area contributed by atoms with E-state index in [9.17, 15) is 15.2 Å². The topological polar surface area (TPSA) is 95.0 Å². The second-order valence-electron chi connectivity index (χ2n) is 4.91. The molecule has 0 unspecified atom stereocenters. The lowest BCUT2D eigenvalue weighted by atomic mass is 10.1. The van der Waals surface area contributed by atoms with Crippen LogP contribution in [0.1, 0.15) is 15.9 Å². The van der Waals surface area contributed by atoms with Gasteiger partial charge < -0.3 is 19.4 Å². The van der Waals surface area contributed by atoms with E-state index in [2.05, 4.69) is 6.07 Å². The van der Waals surface area contributed by atoms with Crippen molar-refractivity contribution in [2.45, 2.75) is 0 Å². The number of carboxylic acid groups (broad SMARTS) is 1. The Morgan fingerprint density at radius 2 is 2.04 bits per heavy atom. The predicted molar refractivity (Wildman–Crippen MR) is 82.7 cm³/mol. The summed E-state index contributed by atoms with van der Waals surface area (Å²) >= 11 is 0. The molecule has 23 heavy (non-hydrogen) atoms. The van der Waals surface area contributed by atoms with E-state index < -0.39 is 5.97 Å². The van der Waals surface area contributed by atoms with Crippen molar-refractivity contribution >= 4 is 11.5 Å². The summed E-state index contributed by atoms with van der Waals surface area (Å²) in [4.78, 5) is 11.0. The van der Waals surface area contributed by atoms with Crippen molar-refractivity contribution in [3.63, 3.8) is 0 Å². The summed E-state index contributed by atoms with van der Waals surface area (Å²) in [6, 6.07) is 11.6. The lowest BCUT2D eigenvalue weighted by Crippen LogP contribution is -1.97. The Hall–Kier alpha value is -3.46. The fourth-order valence-electron chi connectivity index (χ4n) is 2.49. The Bertz CT molecular complexity index is 967. The molecule has 0 atom stereocenters. The molecule has 2 N–H and O–H groups in total. The summed E-state index contributed by atoms with van der Waals surface area (Å²) in [5, 5.41) is 28.1. The highest BCUT2D eigenvalue weighted by Gasteiger charge is 2.15. The van der Waals surface area contributed by atoms with Crippen LogP contribution in [0.5, 0.6) is 11.5 Å². The SMILES string of the molecule is COc1ccn2c(-c3ccc(C(=O)O)c(O)c3)cc(C#N)c2c1. The van der Waals surface area contributed by atoms with Crippen molar-refractivity contribution < 1.29 is 19.7 Å². The number of carbonyl (C=O) groups is 1. The van der Waals surface area contributed by atoms with Crippen molar-refractivity contribution in [1.29, 1.82) is 5.26 Å². The first-order chi connectivity index (χ1) is 11.0. The van der Waals surface area contributed by atoms with Gasteiger partial charge in [0.25, 0.3) is 0 Å². The van der Waals surface area contributed by atoms with Crippen molar-refractivity contribution in [3.05, 3.63) is 53.7 Å². The lowest BCUT2D eigenvalue weighted by molar-refractivity contribution is 0.0694. The number of nitrogens with zero attached hydrogens (tertiary/aromatic N) is 2. The number of hydrogen-bond donors (Lipinski definition) is 2. The number of phenols is 1. The minimum Gasteiger partial charge on any atom is -0.507 e. The van der Waals surface area contributed by atoms with Crippen LogP contribution in [-0.2, 0) is 0 Å². The molecule has 2 aromatic heterocycles. The summed E-state index contributed by atoms with van der Waals surface area (Å²) in [5.41, 5.74) is 2.24. The molecule has 0 fully saturated rings. The Balaban J connectivity index is 2.23. The minimum absolute atomic E-state index is 0.170. The summed E-state index contributed by atoms with van der Waals surface area (Å²) in [6.45, 7) is 0. The quantitative estimate of drug-likeness (QED) is 0.775. The highest BCUT2D eigenvalue weighted by atomic mass is 16.5. The molecule has 0 amide bonds. The Kier molecular flexibility index (Phi) is 3.39. The molecule has 1 aromatic carbocycles. The van der Waals surface area contributed by atoms with Gasteiger partial charge in [0.15, 0.2) is 0 Å². The molecule has 0 saturated carbocycles. The molecule has 3 aromatic rings. The van der Waals surface area contributed by atoms with Gasteiger partial charge in [-0.3, -0.25) is 0 Å². The molecular formula is C17H12N2O4. The van der Waals surface area contributed by atoms with Crippen LogP contribution in [0.4, 0.5) is 0 Å². The summed E-state index contributed by atoms with van der Waals surface area (Å²) in [7, 11) is 1.55. The number of pyridine rings is 1. The molecule has 6 heteroatoms. The molecule has 6 nitrogen and oxygen atoms in total. The molecular weight excluding hydrogens is 296 g/mol. The molecule has 114 valence electrons. The number of nitriles is 1.